The zero-order valence-electron chi connectivity index (χ0n) is 15.5. The Labute approximate surface area is 150 Å². The lowest BCUT2D eigenvalue weighted by Gasteiger charge is -2.22. The van der Waals surface area contributed by atoms with Gasteiger partial charge in [0.25, 0.3) is 0 Å². The quantitative estimate of drug-likeness (QED) is 0.646. The van der Waals surface area contributed by atoms with Crippen molar-refractivity contribution in [2.24, 2.45) is 0 Å². The summed E-state index contributed by atoms with van der Waals surface area (Å²) in [5.41, 5.74) is 12.4. The van der Waals surface area contributed by atoms with E-state index >= 15 is 0 Å². The molecule has 3 aromatic rings. The Balaban J connectivity index is 2.14. The Hall–Kier alpha value is -2.33. The van der Waals surface area contributed by atoms with Gasteiger partial charge in [-0.25, -0.2) is 4.98 Å². The van der Waals surface area contributed by atoms with Crippen LogP contribution >= 0.6 is 0 Å². The summed E-state index contributed by atoms with van der Waals surface area (Å²) in [5, 5.41) is 0. The summed E-state index contributed by atoms with van der Waals surface area (Å²) in [6.07, 6.45) is 2.31. The first kappa shape index (κ1) is 17.5. The van der Waals surface area contributed by atoms with Crippen LogP contribution < -0.4 is 5.73 Å². The Morgan fingerprint density at radius 3 is 2.44 bits per heavy atom. The average molecular weight is 336 g/mol. The van der Waals surface area contributed by atoms with Crippen LogP contribution in [0.3, 0.4) is 0 Å². The zero-order chi connectivity index (χ0) is 17.8. The molecule has 1 aromatic carbocycles. The summed E-state index contributed by atoms with van der Waals surface area (Å²) in [7, 11) is 0. The molecule has 3 rings (SSSR count). The van der Waals surface area contributed by atoms with Gasteiger partial charge in [0, 0.05) is 23.5 Å². The normalized spacial score (nSPS) is 11.5. The molecular weight excluding hydrogens is 308 g/mol. The lowest BCUT2D eigenvalue weighted by molar-refractivity contribution is 0.263. The number of pyridine rings is 1. The highest BCUT2D eigenvalue weighted by atomic mass is 15.2. The van der Waals surface area contributed by atoms with E-state index in [0.717, 1.165) is 55.1 Å². The van der Waals surface area contributed by atoms with Crippen molar-refractivity contribution in [3.8, 4) is 11.3 Å². The summed E-state index contributed by atoms with van der Waals surface area (Å²) < 4.78 is 2.29. The largest absolute Gasteiger partial charge is 0.399 e. The van der Waals surface area contributed by atoms with Crippen LogP contribution in [0.1, 0.15) is 38.1 Å². The minimum Gasteiger partial charge on any atom is -0.399 e. The minimum atomic E-state index is 0.774. The monoisotopic (exact) mass is 336 g/mol. The number of anilines is 1. The molecule has 0 atom stereocenters. The first-order valence-electron chi connectivity index (χ1n) is 9.19. The number of benzene rings is 1. The van der Waals surface area contributed by atoms with Crippen LogP contribution in [0.25, 0.3) is 16.9 Å². The van der Waals surface area contributed by atoms with Crippen molar-refractivity contribution in [2.75, 3.05) is 18.8 Å². The van der Waals surface area contributed by atoms with Gasteiger partial charge in [-0.1, -0.05) is 32.0 Å². The van der Waals surface area contributed by atoms with E-state index in [0.29, 0.717) is 0 Å². The molecule has 0 saturated heterocycles. The van der Waals surface area contributed by atoms with Crippen LogP contribution in [-0.2, 0) is 6.54 Å². The predicted molar refractivity (Wildman–Crippen MR) is 106 cm³/mol. The highest BCUT2D eigenvalue weighted by Gasteiger charge is 2.18. The second-order valence-corrected chi connectivity index (χ2v) is 6.67. The first-order chi connectivity index (χ1) is 12.1. The van der Waals surface area contributed by atoms with E-state index in [-0.39, 0.29) is 0 Å². The molecule has 2 N–H and O–H groups in total. The SMILES string of the molecule is CCCN(CCC)Cc1c(-c2cccc(N)c2)nc2cccc(C)n12. The molecule has 0 saturated carbocycles. The van der Waals surface area contributed by atoms with Gasteiger partial charge in [0.1, 0.15) is 5.65 Å². The molecule has 0 aliphatic carbocycles. The third-order valence-corrected chi connectivity index (χ3v) is 4.55. The van der Waals surface area contributed by atoms with E-state index in [2.05, 4.69) is 54.3 Å². The number of nitrogens with zero attached hydrogens (tertiary/aromatic N) is 3. The first-order valence-corrected chi connectivity index (χ1v) is 9.19. The molecule has 0 fully saturated rings. The number of hydrogen-bond donors (Lipinski definition) is 1. The van der Waals surface area contributed by atoms with E-state index in [1.807, 2.05) is 18.2 Å². The van der Waals surface area contributed by atoms with Crippen LogP contribution in [-0.4, -0.2) is 27.4 Å². The Morgan fingerprint density at radius 2 is 1.76 bits per heavy atom. The van der Waals surface area contributed by atoms with Gasteiger partial charge < -0.3 is 5.73 Å². The molecule has 0 amide bonds. The van der Waals surface area contributed by atoms with Crippen molar-refractivity contribution >= 4 is 11.3 Å². The van der Waals surface area contributed by atoms with E-state index in [4.69, 9.17) is 10.7 Å². The topological polar surface area (TPSA) is 46.6 Å². The molecule has 2 heterocycles. The van der Waals surface area contributed by atoms with Crippen LogP contribution in [0.5, 0.6) is 0 Å². The van der Waals surface area contributed by atoms with Crippen molar-refractivity contribution in [3.05, 3.63) is 53.9 Å². The van der Waals surface area contributed by atoms with Crippen LogP contribution in [0.4, 0.5) is 5.69 Å². The summed E-state index contributed by atoms with van der Waals surface area (Å²) in [4.78, 5) is 7.46. The number of aromatic nitrogens is 2. The standard InChI is InChI=1S/C21H28N4/c1-4-12-24(13-5-2)15-19-21(17-9-7-10-18(22)14-17)23-20-11-6-8-16(3)25(19)20/h6-11,14H,4-5,12-13,15,22H2,1-3H3. The van der Waals surface area contributed by atoms with E-state index in [9.17, 15) is 0 Å². The molecule has 4 heteroatoms. The third-order valence-electron chi connectivity index (χ3n) is 4.55. The van der Waals surface area contributed by atoms with Gasteiger partial charge in [0.05, 0.1) is 11.4 Å². The van der Waals surface area contributed by atoms with Crippen LogP contribution in [0.15, 0.2) is 42.5 Å². The fraction of sp³-hybridized carbons (Fsp3) is 0.381. The minimum absolute atomic E-state index is 0.774. The molecule has 25 heavy (non-hydrogen) atoms. The maximum absolute atomic E-state index is 6.02. The summed E-state index contributed by atoms with van der Waals surface area (Å²) >= 11 is 0. The Bertz CT molecular complexity index is 844. The highest BCUT2D eigenvalue weighted by Crippen LogP contribution is 2.28. The maximum Gasteiger partial charge on any atom is 0.137 e. The van der Waals surface area contributed by atoms with Crippen molar-refractivity contribution in [1.82, 2.24) is 14.3 Å². The molecule has 0 spiro atoms. The zero-order valence-corrected chi connectivity index (χ0v) is 15.5. The lowest BCUT2D eigenvalue weighted by atomic mass is 10.1. The van der Waals surface area contributed by atoms with Crippen LogP contribution in [0, 0.1) is 6.92 Å². The van der Waals surface area contributed by atoms with Crippen molar-refractivity contribution < 1.29 is 0 Å². The van der Waals surface area contributed by atoms with Crippen LogP contribution in [0.2, 0.25) is 0 Å². The fourth-order valence-electron chi connectivity index (χ4n) is 3.50. The molecule has 0 aliphatic rings. The molecule has 0 aliphatic heterocycles. The van der Waals surface area contributed by atoms with Gasteiger partial charge in [-0.05, 0) is 57.1 Å². The number of nitrogen functional groups attached to an aromatic ring is 1. The predicted octanol–water partition coefficient (Wildman–Crippen LogP) is 4.51. The second-order valence-electron chi connectivity index (χ2n) is 6.67. The number of aryl methyl sites for hydroxylation is 1. The summed E-state index contributed by atoms with van der Waals surface area (Å²) in [5.74, 6) is 0. The summed E-state index contributed by atoms with van der Waals surface area (Å²) in [6, 6.07) is 14.3. The highest BCUT2D eigenvalue weighted by molar-refractivity contribution is 5.69. The van der Waals surface area contributed by atoms with Gasteiger partial charge in [0.2, 0.25) is 0 Å². The molecule has 0 unspecified atom stereocenters. The molecule has 4 nitrogen and oxygen atoms in total. The Morgan fingerprint density at radius 1 is 1.04 bits per heavy atom. The van der Waals surface area contributed by atoms with Crippen molar-refractivity contribution in [3.63, 3.8) is 0 Å². The van der Waals surface area contributed by atoms with E-state index in [1.54, 1.807) is 0 Å². The van der Waals surface area contributed by atoms with E-state index in [1.165, 1.54) is 11.4 Å². The number of fused-ring (bicyclic) bond motifs is 1. The fourth-order valence-corrected chi connectivity index (χ4v) is 3.50. The molecule has 2 aromatic heterocycles. The maximum atomic E-state index is 6.02. The molecule has 132 valence electrons. The number of hydrogen-bond acceptors (Lipinski definition) is 3. The molecule has 0 bridgehead atoms. The molecule has 0 radical (unpaired) electrons. The second kappa shape index (κ2) is 7.70. The average Bonchev–Trinajstić information content (AvgIpc) is 2.95. The van der Waals surface area contributed by atoms with Gasteiger partial charge in [-0.3, -0.25) is 9.30 Å². The van der Waals surface area contributed by atoms with Gasteiger partial charge in [0.15, 0.2) is 0 Å². The number of nitrogens with two attached hydrogens (primary N) is 1. The summed E-state index contributed by atoms with van der Waals surface area (Å²) in [6.45, 7) is 9.72. The van der Waals surface area contributed by atoms with Crippen molar-refractivity contribution in [1.29, 1.82) is 0 Å². The van der Waals surface area contributed by atoms with Gasteiger partial charge in [-0.15, -0.1) is 0 Å². The lowest BCUT2D eigenvalue weighted by Crippen LogP contribution is -2.26. The number of imidazole rings is 1. The van der Waals surface area contributed by atoms with Gasteiger partial charge >= 0.3 is 0 Å². The number of rotatable bonds is 7. The van der Waals surface area contributed by atoms with E-state index < -0.39 is 0 Å². The smallest absolute Gasteiger partial charge is 0.137 e. The van der Waals surface area contributed by atoms with Crippen molar-refractivity contribution in [2.45, 2.75) is 40.2 Å². The molecular formula is C21H28N4. The van der Waals surface area contributed by atoms with Gasteiger partial charge in [-0.2, -0.15) is 0 Å². The Kier molecular flexibility index (Phi) is 5.39. The third kappa shape index (κ3) is 3.69.